The number of aliphatic hydroxyl groups excluding tert-OH is 2. The van der Waals surface area contributed by atoms with Gasteiger partial charge in [-0.3, -0.25) is 19.2 Å². The lowest BCUT2D eigenvalue weighted by Crippen LogP contribution is -2.66. The van der Waals surface area contributed by atoms with Gasteiger partial charge in [0.1, 0.15) is 6.10 Å². The summed E-state index contributed by atoms with van der Waals surface area (Å²) in [6.07, 6.45) is -4.04. The Morgan fingerprint density at radius 2 is 1.34 bits per heavy atom. The minimum atomic E-state index is -3.03. The Balaban J connectivity index is 6.72. The number of nitrogens with two attached hydrogens (primary N) is 3. The highest BCUT2D eigenvalue weighted by molar-refractivity contribution is 6.24. The van der Waals surface area contributed by atoms with Crippen molar-refractivity contribution in [3.05, 3.63) is 0 Å². The van der Waals surface area contributed by atoms with E-state index >= 15 is 0 Å². The van der Waals surface area contributed by atoms with Crippen LogP contribution in [0, 0.1) is 23.2 Å². The third kappa shape index (κ3) is 8.60. The maximum absolute atomic E-state index is 13.6. The minimum absolute atomic E-state index is 0.0432. The molecule has 35 heavy (non-hydrogen) atoms. The van der Waals surface area contributed by atoms with Gasteiger partial charge in [0.25, 0.3) is 0 Å². The number of nitrogens with one attached hydrogen (secondary N) is 1. The van der Waals surface area contributed by atoms with Crippen LogP contribution in [0.25, 0.3) is 0 Å². The van der Waals surface area contributed by atoms with E-state index in [-0.39, 0.29) is 18.3 Å². The van der Waals surface area contributed by atoms with E-state index in [0.29, 0.717) is 6.42 Å². The molecule has 7 atom stereocenters. The quantitative estimate of drug-likeness (QED) is 0.135. The molecule has 10 N–H and O–H groups in total. The molecule has 0 aromatic heterocycles. The van der Waals surface area contributed by atoms with E-state index in [2.05, 4.69) is 5.32 Å². The second-order valence-electron chi connectivity index (χ2n) is 10.7. The molecule has 0 radical (unpaired) electrons. The molecule has 0 spiro atoms. The molecule has 0 heterocycles. The van der Waals surface area contributed by atoms with Gasteiger partial charge in [0.2, 0.25) is 11.3 Å². The lowest BCUT2D eigenvalue weighted by molar-refractivity contribution is -0.172. The van der Waals surface area contributed by atoms with Crippen molar-refractivity contribution >= 4 is 23.4 Å². The Labute approximate surface area is 208 Å². The summed E-state index contributed by atoms with van der Waals surface area (Å²) in [5.41, 5.74) is 14.6. The summed E-state index contributed by atoms with van der Waals surface area (Å²) in [4.78, 5) is 52.1. The van der Waals surface area contributed by atoms with E-state index in [1.807, 2.05) is 13.8 Å². The van der Waals surface area contributed by atoms with Gasteiger partial charge in [0.05, 0.1) is 24.2 Å². The molecule has 0 aromatic rings. The summed E-state index contributed by atoms with van der Waals surface area (Å²) in [6, 6.07) is -4.56. The van der Waals surface area contributed by atoms with E-state index in [1.54, 1.807) is 27.7 Å². The van der Waals surface area contributed by atoms with Crippen molar-refractivity contribution in [2.24, 2.45) is 40.4 Å². The number of carboxylic acids is 1. The van der Waals surface area contributed by atoms with Gasteiger partial charge in [0.15, 0.2) is 11.6 Å². The number of carbonyl (C=O) groups excluding carboxylic acids is 3. The zero-order valence-electron chi connectivity index (χ0n) is 22.0. The average molecular weight is 503 g/mol. The van der Waals surface area contributed by atoms with Crippen LogP contribution in [0.4, 0.5) is 0 Å². The first-order chi connectivity index (χ1) is 15.9. The number of Topliss-reactive ketones (excluding diaryl/α,β-unsaturated/α-hetero) is 2. The number of hydrogen-bond acceptors (Lipinski definition) is 9. The van der Waals surface area contributed by atoms with E-state index in [1.165, 1.54) is 6.92 Å². The number of ketones is 2. The third-order valence-corrected chi connectivity index (χ3v) is 6.11. The van der Waals surface area contributed by atoms with Crippen LogP contribution in [0.5, 0.6) is 0 Å². The van der Waals surface area contributed by atoms with E-state index < -0.39 is 77.6 Å². The summed E-state index contributed by atoms with van der Waals surface area (Å²) >= 11 is 0. The summed E-state index contributed by atoms with van der Waals surface area (Å²) in [5.74, 6) is -5.67. The van der Waals surface area contributed by atoms with Crippen LogP contribution in [0.2, 0.25) is 0 Å². The van der Waals surface area contributed by atoms with Gasteiger partial charge >= 0.3 is 5.97 Å². The number of aliphatic hydroxyl groups is 2. The van der Waals surface area contributed by atoms with Crippen molar-refractivity contribution in [3.63, 3.8) is 0 Å². The summed E-state index contributed by atoms with van der Waals surface area (Å²) in [5, 5.41) is 34.7. The Morgan fingerprint density at radius 3 is 1.71 bits per heavy atom. The Bertz CT molecular complexity index is 741. The standard InChI is InChI=1S/C24H46N4O7/c1-11(2)8-15(26)17(29)10-18(30)24(23(34)35,21(32)19(27)13(5)6)20(31)16(9-12(3)4)28-22(33)14(7)25/h11-17,19-20,29,31H,8-10,25-27H2,1-7H3,(H,28,33)(H,34,35)/t14-,15?,16?,17?,19-,20?,24?/m0/s1. The molecule has 0 aliphatic heterocycles. The topological polar surface area (TPSA) is 219 Å². The maximum atomic E-state index is 13.6. The number of amides is 1. The summed E-state index contributed by atoms with van der Waals surface area (Å²) < 4.78 is 0. The van der Waals surface area contributed by atoms with Crippen LogP contribution in [-0.4, -0.2) is 75.1 Å². The lowest BCUT2D eigenvalue weighted by Gasteiger charge is -2.39. The van der Waals surface area contributed by atoms with Crippen molar-refractivity contribution < 1.29 is 34.5 Å². The molecular formula is C24H46N4O7. The number of carboxylic acid groups (broad SMARTS) is 1. The molecule has 5 unspecified atom stereocenters. The van der Waals surface area contributed by atoms with Gasteiger partial charge in [-0.05, 0) is 37.5 Å². The fraction of sp³-hybridized carbons (Fsp3) is 0.833. The highest BCUT2D eigenvalue weighted by Crippen LogP contribution is 2.34. The first-order valence-electron chi connectivity index (χ1n) is 12.1. The van der Waals surface area contributed by atoms with Crippen molar-refractivity contribution in [1.29, 1.82) is 0 Å². The second-order valence-corrected chi connectivity index (χ2v) is 10.7. The molecule has 0 bridgehead atoms. The molecule has 11 nitrogen and oxygen atoms in total. The normalized spacial score (nSPS) is 18.9. The zero-order valence-corrected chi connectivity index (χ0v) is 22.0. The van der Waals surface area contributed by atoms with Crippen molar-refractivity contribution in [3.8, 4) is 0 Å². The SMILES string of the molecule is CC(C)CC(N)C(O)CC(=O)C(C(=O)O)(C(=O)[C@@H](N)C(C)C)C(O)C(CC(C)C)NC(=O)[C@H](C)N. The molecule has 0 aliphatic carbocycles. The van der Waals surface area contributed by atoms with Gasteiger partial charge < -0.3 is 37.8 Å². The first kappa shape index (κ1) is 33.1. The van der Waals surface area contributed by atoms with Crippen LogP contribution in [-0.2, 0) is 19.2 Å². The number of rotatable bonds is 16. The van der Waals surface area contributed by atoms with Crippen molar-refractivity contribution in [1.82, 2.24) is 5.32 Å². The van der Waals surface area contributed by atoms with Gasteiger partial charge in [-0.2, -0.15) is 0 Å². The highest BCUT2D eigenvalue weighted by atomic mass is 16.4. The summed E-state index contributed by atoms with van der Waals surface area (Å²) in [7, 11) is 0. The molecule has 0 saturated heterocycles. The molecule has 11 heteroatoms. The van der Waals surface area contributed by atoms with E-state index in [4.69, 9.17) is 17.2 Å². The average Bonchev–Trinajstić information content (AvgIpc) is 2.71. The van der Waals surface area contributed by atoms with Gasteiger partial charge in [-0.25, -0.2) is 0 Å². The third-order valence-electron chi connectivity index (χ3n) is 6.11. The van der Waals surface area contributed by atoms with E-state index in [0.717, 1.165) is 0 Å². The smallest absolute Gasteiger partial charge is 0.327 e. The largest absolute Gasteiger partial charge is 0.480 e. The number of aliphatic carboxylic acids is 1. The number of hydrogen-bond donors (Lipinski definition) is 7. The predicted molar refractivity (Wildman–Crippen MR) is 132 cm³/mol. The van der Waals surface area contributed by atoms with Crippen LogP contribution >= 0.6 is 0 Å². The molecule has 0 fully saturated rings. The van der Waals surface area contributed by atoms with E-state index in [9.17, 15) is 34.5 Å². The Kier molecular flexibility index (Phi) is 13.2. The molecule has 0 aromatic carbocycles. The molecule has 0 rings (SSSR count). The zero-order chi connectivity index (χ0) is 27.8. The van der Waals surface area contributed by atoms with Gasteiger partial charge in [-0.15, -0.1) is 0 Å². The number of carbonyl (C=O) groups is 4. The first-order valence-corrected chi connectivity index (χ1v) is 12.1. The van der Waals surface area contributed by atoms with Crippen LogP contribution in [0.3, 0.4) is 0 Å². The predicted octanol–water partition coefficient (Wildman–Crippen LogP) is -0.458. The lowest BCUT2D eigenvalue weighted by atomic mass is 9.66. The molecule has 0 aliphatic rings. The summed E-state index contributed by atoms with van der Waals surface area (Å²) in [6.45, 7) is 11.8. The molecule has 204 valence electrons. The molecular weight excluding hydrogens is 456 g/mol. The fourth-order valence-electron chi connectivity index (χ4n) is 3.96. The molecule has 1 amide bonds. The Hall–Kier alpha value is -1.92. The van der Waals surface area contributed by atoms with Crippen molar-refractivity contribution in [2.75, 3.05) is 0 Å². The van der Waals surface area contributed by atoms with Gasteiger partial charge in [-0.1, -0.05) is 41.5 Å². The van der Waals surface area contributed by atoms with Crippen molar-refractivity contribution in [2.45, 2.75) is 104 Å². The van der Waals surface area contributed by atoms with Gasteiger partial charge in [0, 0.05) is 12.5 Å². The molecule has 0 saturated carbocycles. The monoisotopic (exact) mass is 502 g/mol. The maximum Gasteiger partial charge on any atom is 0.327 e. The fourth-order valence-corrected chi connectivity index (χ4v) is 3.96. The second kappa shape index (κ2) is 14.0. The highest BCUT2D eigenvalue weighted by Gasteiger charge is 2.61. The van der Waals surface area contributed by atoms with Crippen LogP contribution < -0.4 is 22.5 Å². The van der Waals surface area contributed by atoms with Crippen LogP contribution in [0.15, 0.2) is 0 Å². The minimum Gasteiger partial charge on any atom is -0.480 e. The Morgan fingerprint density at radius 1 is 0.857 bits per heavy atom. The van der Waals surface area contributed by atoms with Crippen LogP contribution in [0.1, 0.15) is 67.7 Å².